The quantitative estimate of drug-likeness (QED) is 0.514. The van der Waals surface area contributed by atoms with Gasteiger partial charge >= 0.3 is 0 Å². The lowest BCUT2D eigenvalue weighted by molar-refractivity contribution is -0.127. The number of fused-ring (bicyclic) bond motifs is 2. The zero-order valence-electron chi connectivity index (χ0n) is 18.7. The van der Waals surface area contributed by atoms with Gasteiger partial charge in [0, 0.05) is 12.6 Å². The van der Waals surface area contributed by atoms with Crippen molar-refractivity contribution in [3.63, 3.8) is 0 Å². The summed E-state index contributed by atoms with van der Waals surface area (Å²) in [6.45, 7) is 1.86. The number of rotatable bonds is 3. The zero-order chi connectivity index (χ0) is 23.8. The summed E-state index contributed by atoms with van der Waals surface area (Å²) in [5.74, 6) is 0.452. The Hall–Kier alpha value is -4.46. The lowest BCUT2D eigenvalue weighted by Crippen LogP contribution is -2.50. The molecule has 0 spiro atoms. The van der Waals surface area contributed by atoms with Crippen molar-refractivity contribution in [3.8, 4) is 11.4 Å². The van der Waals surface area contributed by atoms with E-state index in [0.717, 1.165) is 0 Å². The first-order chi connectivity index (χ1) is 16.5. The molecule has 34 heavy (non-hydrogen) atoms. The van der Waals surface area contributed by atoms with Gasteiger partial charge in [-0.2, -0.15) is 0 Å². The number of carbonyl (C=O) groups is 2. The Morgan fingerprint density at radius 2 is 1.71 bits per heavy atom. The predicted octanol–water partition coefficient (Wildman–Crippen LogP) is 2.85. The monoisotopic (exact) mass is 454 g/mol. The van der Waals surface area contributed by atoms with Gasteiger partial charge in [-0.1, -0.05) is 24.3 Å². The van der Waals surface area contributed by atoms with Gasteiger partial charge < -0.3 is 15.0 Å². The standard InChI is InChI=1S/C26H22N4O4/c1-16-28-20-8-4-3-7-19(20)26(33)30(16)18-13-11-17(12-14-18)25(32)29-15-23(24(31)27-2)34-22-10-6-5-9-21(22)29/h3-14,23H,15H2,1-2H3,(H,27,31)/t23-/m1/s1. The molecule has 2 amide bonds. The second-order valence-electron chi connectivity index (χ2n) is 7.97. The van der Waals surface area contributed by atoms with Gasteiger partial charge in [0.05, 0.1) is 28.8 Å². The molecule has 170 valence electrons. The molecule has 1 N–H and O–H groups in total. The predicted molar refractivity (Wildman–Crippen MR) is 129 cm³/mol. The van der Waals surface area contributed by atoms with Gasteiger partial charge in [-0.05, 0) is 55.5 Å². The molecule has 1 atom stereocenters. The van der Waals surface area contributed by atoms with Gasteiger partial charge in [-0.25, -0.2) is 4.98 Å². The second kappa shape index (κ2) is 8.47. The Bertz CT molecular complexity index is 1480. The van der Waals surface area contributed by atoms with Crippen molar-refractivity contribution in [1.82, 2.24) is 14.9 Å². The Labute approximate surface area is 195 Å². The van der Waals surface area contributed by atoms with E-state index in [4.69, 9.17) is 4.74 Å². The largest absolute Gasteiger partial charge is 0.477 e. The third-order valence-corrected chi connectivity index (χ3v) is 5.87. The number of hydrogen-bond acceptors (Lipinski definition) is 5. The number of amides is 2. The number of aromatic nitrogens is 2. The highest BCUT2D eigenvalue weighted by molar-refractivity contribution is 6.08. The van der Waals surface area contributed by atoms with E-state index in [9.17, 15) is 14.4 Å². The van der Waals surface area contributed by atoms with Gasteiger partial charge in [0.15, 0.2) is 6.10 Å². The maximum atomic E-state index is 13.4. The summed E-state index contributed by atoms with van der Waals surface area (Å²) < 4.78 is 7.32. The van der Waals surface area contributed by atoms with Crippen LogP contribution < -0.4 is 20.5 Å². The highest BCUT2D eigenvalue weighted by Gasteiger charge is 2.33. The summed E-state index contributed by atoms with van der Waals surface area (Å²) >= 11 is 0. The van der Waals surface area contributed by atoms with E-state index >= 15 is 0 Å². The van der Waals surface area contributed by atoms with Crippen LogP contribution in [0.3, 0.4) is 0 Å². The average molecular weight is 454 g/mol. The van der Waals surface area contributed by atoms with Crippen molar-refractivity contribution in [1.29, 1.82) is 0 Å². The summed E-state index contributed by atoms with van der Waals surface area (Å²) in [5.41, 5.74) is 2.11. The molecule has 0 unspecified atom stereocenters. The Morgan fingerprint density at radius 3 is 2.47 bits per heavy atom. The van der Waals surface area contributed by atoms with Crippen molar-refractivity contribution in [2.24, 2.45) is 0 Å². The topological polar surface area (TPSA) is 93.5 Å². The number of hydrogen-bond donors (Lipinski definition) is 1. The molecule has 0 radical (unpaired) electrons. The van der Waals surface area contributed by atoms with E-state index in [2.05, 4.69) is 10.3 Å². The minimum Gasteiger partial charge on any atom is -0.477 e. The van der Waals surface area contributed by atoms with E-state index in [-0.39, 0.29) is 23.9 Å². The fourth-order valence-corrected chi connectivity index (χ4v) is 4.18. The fraction of sp³-hybridized carbons (Fsp3) is 0.154. The van der Waals surface area contributed by atoms with E-state index in [0.29, 0.717) is 39.4 Å². The van der Waals surface area contributed by atoms with Crippen LogP contribution in [0, 0.1) is 6.92 Å². The molecular formula is C26H22N4O4. The van der Waals surface area contributed by atoms with Crippen LogP contribution in [0.4, 0.5) is 5.69 Å². The molecule has 8 heteroatoms. The number of para-hydroxylation sites is 3. The fourth-order valence-electron chi connectivity index (χ4n) is 4.18. The molecule has 8 nitrogen and oxygen atoms in total. The molecule has 0 aliphatic carbocycles. The molecular weight excluding hydrogens is 432 g/mol. The van der Waals surface area contributed by atoms with Gasteiger partial charge in [0.2, 0.25) is 0 Å². The molecule has 5 rings (SSSR count). The Morgan fingerprint density at radius 1 is 1.00 bits per heavy atom. The van der Waals surface area contributed by atoms with Crippen LogP contribution in [-0.2, 0) is 4.79 Å². The third kappa shape index (κ3) is 3.59. The van der Waals surface area contributed by atoms with Gasteiger partial charge in [0.1, 0.15) is 11.6 Å². The first-order valence-corrected chi connectivity index (χ1v) is 10.9. The first kappa shape index (κ1) is 21.4. The number of benzene rings is 3. The minimum atomic E-state index is -0.812. The third-order valence-electron chi connectivity index (χ3n) is 5.87. The molecule has 4 aromatic rings. The first-order valence-electron chi connectivity index (χ1n) is 10.9. The summed E-state index contributed by atoms with van der Waals surface area (Å²) in [5, 5.41) is 3.10. The van der Waals surface area contributed by atoms with Gasteiger partial charge in [-0.15, -0.1) is 0 Å². The van der Waals surface area contributed by atoms with Crippen molar-refractivity contribution >= 4 is 28.4 Å². The van der Waals surface area contributed by atoms with Crippen LogP contribution in [0.15, 0.2) is 77.6 Å². The number of likely N-dealkylation sites (N-methyl/N-ethyl adjacent to an activating group) is 1. The number of nitrogens with zero attached hydrogens (tertiary/aromatic N) is 3. The molecule has 1 aromatic heterocycles. The minimum absolute atomic E-state index is 0.0877. The maximum absolute atomic E-state index is 13.4. The molecule has 0 saturated carbocycles. The summed E-state index contributed by atoms with van der Waals surface area (Å²) in [7, 11) is 1.53. The van der Waals surface area contributed by atoms with E-state index < -0.39 is 6.10 Å². The molecule has 3 aromatic carbocycles. The van der Waals surface area contributed by atoms with Crippen LogP contribution in [-0.4, -0.2) is 41.1 Å². The van der Waals surface area contributed by atoms with E-state index in [1.165, 1.54) is 11.6 Å². The highest BCUT2D eigenvalue weighted by Crippen LogP contribution is 2.34. The number of anilines is 1. The number of ether oxygens (including phenoxy) is 1. The van der Waals surface area contributed by atoms with Crippen LogP contribution in [0.5, 0.6) is 5.75 Å². The lowest BCUT2D eigenvalue weighted by atomic mass is 10.1. The number of nitrogens with one attached hydrogen (secondary N) is 1. The van der Waals surface area contributed by atoms with E-state index in [1.54, 1.807) is 66.4 Å². The van der Waals surface area contributed by atoms with E-state index in [1.807, 2.05) is 18.2 Å². The SMILES string of the molecule is CNC(=O)[C@H]1CN(C(=O)c2ccc(-n3c(C)nc4ccccc4c3=O)cc2)c2ccccc2O1. The highest BCUT2D eigenvalue weighted by atomic mass is 16.5. The van der Waals surface area contributed by atoms with Crippen molar-refractivity contribution in [2.75, 3.05) is 18.5 Å². The summed E-state index contributed by atoms with van der Waals surface area (Å²) in [6.07, 6.45) is -0.812. The zero-order valence-corrected chi connectivity index (χ0v) is 18.7. The molecule has 0 bridgehead atoms. The average Bonchev–Trinajstić information content (AvgIpc) is 2.87. The van der Waals surface area contributed by atoms with Gasteiger partial charge in [0.25, 0.3) is 17.4 Å². The van der Waals surface area contributed by atoms with Crippen LogP contribution in [0.25, 0.3) is 16.6 Å². The number of carbonyl (C=O) groups excluding carboxylic acids is 2. The Balaban J connectivity index is 1.50. The summed E-state index contributed by atoms with van der Waals surface area (Å²) in [6, 6.07) is 21.1. The molecule has 0 fully saturated rings. The lowest BCUT2D eigenvalue weighted by Gasteiger charge is -2.34. The van der Waals surface area contributed by atoms with Crippen molar-refractivity contribution < 1.29 is 14.3 Å². The van der Waals surface area contributed by atoms with Gasteiger partial charge in [-0.3, -0.25) is 19.0 Å². The van der Waals surface area contributed by atoms with Crippen molar-refractivity contribution in [3.05, 3.63) is 94.5 Å². The number of aryl methyl sites for hydroxylation is 1. The maximum Gasteiger partial charge on any atom is 0.265 e. The molecule has 1 aliphatic heterocycles. The molecule has 2 heterocycles. The van der Waals surface area contributed by atoms with Crippen LogP contribution in [0.2, 0.25) is 0 Å². The smallest absolute Gasteiger partial charge is 0.265 e. The molecule has 0 saturated heterocycles. The second-order valence-corrected chi connectivity index (χ2v) is 7.97. The molecule has 1 aliphatic rings. The Kier molecular flexibility index (Phi) is 5.33. The van der Waals surface area contributed by atoms with Crippen molar-refractivity contribution in [2.45, 2.75) is 13.0 Å². The summed E-state index contributed by atoms with van der Waals surface area (Å²) in [4.78, 5) is 44.8. The van der Waals surface area contributed by atoms with Crippen LogP contribution in [0.1, 0.15) is 16.2 Å². The normalized spacial score (nSPS) is 14.9. The van der Waals surface area contributed by atoms with Crippen LogP contribution >= 0.6 is 0 Å².